The van der Waals surface area contributed by atoms with E-state index in [4.69, 9.17) is 0 Å². The number of ether oxygens (including phenoxy) is 1. The Morgan fingerprint density at radius 1 is 1.24 bits per heavy atom. The highest BCUT2D eigenvalue weighted by Gasteiger charge is 2.48. The lowest BCUT2D eigenvalue weighted by atomic mass is 9.80. The third kappa shape index (κ3) is 4.09. The quantitative estimate of drug-likeness (QED) is 0.386. The molecule has 1 N–H and O–H groups in total. The van der Waals surface area contributed by atoms with Crippen LogP contribution in [0.2, 0.25) is 0 Å². The summed E-state index contributed by atoms with van der Waals surface area (Å²) in [5, 5.41) is 19.3. The van der Waals surface area contributed by atoms with Crippen LogP contribution in [-0.2, 0) is 10.2 Å². The van der Waals surface area contributed by atoms with Gasteiger partial charge in [0.15, 0.2) is 5.65 Å². The second kappa shape index (κ2) is 8.80. The fourth-order valence-corrected chi connectivity index (χ4v) is 4.57. The summed E-state index contributed by atoms with van der Waals surface area (Å²) in [6.45, 7) is -4.40. The van der Waals surface area contributed by atoms with Crippen LogP contribution in [-0.4, -0.2) is 41.9 Å². The monoisotopic (exact) mass is 518 g/mol. The summed E-state index contributed by atoms with van der Waals surface area (Å²) in [5.74, 6) is -2.92. The molecule has 4 aromatic rings. The number of aromatic nitrogens is 6. The van der Waals surface area contributed by atoms with Gasteiger partial charge in [0.1, 0.15) is 11.6 Å². The van der Waals surface area contributed by atoms with Crippen molar-refractivity contribution in [3.8, 4) is 11.9 Å². The Bertz CT molecular complexity index is 1560. The molecule has 0 saturated carbocycles. The molecule has 0 spiro atoms. The van der Waals surface area contributed by atoms with Gasteiger partial charge in [-0.2, -0.15) is 32.3 Å². The predicted molar refractivity (Wildman–Crippen MR) is 114 cm³/mol. The van der Waals surface area contributed by atoms with E-state index >= 15 is 0 Å². The number of halogens is 5. The van der Waals surface area contributed by atoms with Crippen molar-refractivity contribution in [2.75, 3.05) is 5.32 Å². The predicted octanol–water partition coefficient (Wildman–Crippen LogP) is 3.76. The summed E-state index contributed by atoms with van der Waals surface area (Å²) in [6.07, 6.45) is 4.87. The van der Waals surface area contributed by atoms with E-state index in [1.807, 2.05) is 0 Å². The minimum Gasteiger partial charge on any atom is -0.415 e. The van der Waals surface area contributed by atoms with E-state index in [0.717, 1.165) is 24.5 Å². The first-order valence-electron chi connectivity index (χ1n) is 10.6. The lowest BCUT2D eigenvalue weighted by Crippen LogP contribution is -2.25. The highest BCUT2D eigenvalue weighted by molar-refractivity contribution is 5.97. The van der Waals surface area contributed by atoms with Crippen molar-refractivity contribution in [1.29, 1.82) is 5.26 Å². The van der Waals surface area contributed by atoms with Crippen molar-refractivity contribution in [2.45, 2.75) is 37.8 Å². The molecule has 0 bridgehead atoms. The number of hydrogen-bond acceptors (Lipinski definition) is 7. The molecular weight excluding hydrogens is 503 g/mol. The number of carbonyl (C=O) groups excluding carboxylic acids is 1. The Morgan fingerprint density at radius 3 is 2.70 bits per heavy atom. The lowest BCUT2D eigenvalue weighted by Gasteiger charge is -2.24. The third-order valence-electron chi connectivity index (χ3n) is 6.19. The smallest absolute Gasteiger partial charge is 0.388 e. The number of anilines is 1. The number of amides is 1. The van der Waals surface area contributed by atoms with Gasteiger partial charge < -0.3 is 10.1 Å². The number of nitrogens with zero attached hydrogens (tertiary/aromatic N) is 7. The molecule has 0 aliphatic heterocycles. The average molecular weight is 518 g/mol. The Hall–Kier alpha value is -4.61. The van der Waals surface area contributed by atoms with Gasteiger partial charge in [-0.3, -0.25) is 4.79 Å². The summed E-state index contributed by atoms with van der Waals surface area (Å²) in [7, 11) is 0. The molecule has 0 aromatic carbocycles. The van der Waals surface area contributed by atoms with Crippen molar-refractivity contribution < 1.29 is 31.5 Å². The van der Waals surface area contributed by atoms with Gasteiger partial charge in [0.2, 0.25) is 17.7 Å². The molecule has 1 aliphatic carbocycles. The lowest BCUT2D eigenvalue weighted by molar-refractivity contribution is -0.117. The largest absolute Gasteiger partial charge is 0.415 e. The van der Waals surface area contributed by atoms with E-state index in [1.54, 1.807) is 13.0 Å². The normalized spacial score (nSPS) is 18.8. The maximum absolute atomic E-state index is 14.0. The van der Waals surface area contributed by atoms with Crippen molar-refractivity contribution in [2.24, 2.45) is 0 Å². The summed E-state index contributed by atoms with van der Waals surface area (Å²) in [6, 6.07) is 3.88. The van der Waals surface area contributed by atoms with Crippen LogP contribution in [0.5, 0.6) is 5.88 Å². The van der Waals surface area contributed by atoms with Crippen molar-refractivity contribution in [1.82, 2.24) is 29.4 Å². The molecule has 1 amide bonds. The SMILES string of the molecule is C[C@@]1(c2cnn(C(F)F)c2)C[C@H](C(=O)Nc2cnc(OC(F)F)c(C#N)c2)c2cnc3cc(F)nn3c21. The van der Waals surface area contributed by atoms with E-state index in [1.165, 1.54) is 16.9 Å². The van der Waals surface area contributed by atoms with Gasteiger partial charge in [0, 0.05) is 35.0 Å². The molecule has 0 fully saturated rings. The van der Waals surface area contributed by atoms with E-state index < -0.39 is 42.2 Å². The van der Waals surface area contributed by atoms with Crippen LogP contribution in [0, 0.1) is 17.3 Å². The molecule has 4 aromatic heterocycles. The average Bonchev–Trinajstić information content (AvgIpc) is 3.55. The van der Waals surface area contributed by atoms with Crippen LogP contribution in [0.4, 0.5) is 27.6 Å². The van der Waals surface area contributed by atoms with Crippen molar-refractivity contribution in [3.05, 3.63) is 65.3 Å². The number of rotatable bonds is 6. The zero-order valence-electron chi connectivity index (χ0n) is 18.7. The molecule has 0 saturated heterocycles. The van der Waals surface area contributed by atoms with E-state index in [-0.39, 0.29) is 23.3 Å². The number of pyridine rings is 1. The summed E-state index contributed by atoms with van der Waals surface area (Å²) < 4.78 is 71.4. The number of nitriles is 1. The Balaban J connectivity index is 1.54. The zero-order valence-corrected chi connectivity index (χ0v) is 18.7. The Morgan fingerprint density at radius 2 is 2.03 bits per heavy atom. The van der Waals surface area contributed by atoms with E-state index in [2.05, 4.69) is 30.2 Å². The van der Waals surface area contributed by atoms with Crippen LogP contribution >= 0.6 is 0 Å². The van der Waals surface area contributed by atoms with Crippen LogP contribution < -0.4 is 10.1 Å². The first kappa shape index (κ1) is 24.1. The van der Waals surface area contributed by atoms with Gasteiger partial charge in [-0.15, -0.1) is 5.10 Å². The van der Waals surface area contributed by atoms with Gasteiger partial charge >= 0.3 is 13.2 Å². The summed E-state index contributed by atoms with van der Waals surface area (Å²) in [5.41, 5.74) is -0.169. The first-order valence-corrected chi connectivity index (χ1v) is 10.6. The van der Waals surface area contributed by atoms with Crippen molar-refractivity contribution >= 4 is 17.2 Å². The van der Waals surface area contributed by atoms with Gasteiger partial charge in [-0.25, -0.2) is 19.2 Å². The van der Waals surface area contributed by atoms with E-state index in [9.17, 15) is 32.0 Å². The van der Waals surface area contributed by atoms with Crippen LogP contribution in [0.3, 0.4) is 0 Å². The molecule has 37 heavy (non-hydrogen) atoms. The highest BCUT2D eigenvalue weighted by atomic mass is 19.3. The summed E-state index contributed by atoms with van der Waals surface area (Å²) >= 11 is 0. The summed E-state index contributed by atoms with van der Waals surface area (Å²) in [4.78, 5) is 21.2. The molecular formula is C22H15F5N8O2. The number of hydrogen-bond donors (Lipinski definition) is 1. The van der Waals surface area contributed by atoms with Crippen LogP contribution in [0.15, 0.2) is 36.9 Å². The number of fused-ring (bicyclic) bond motifs is 3. The molecule has 0 radical (unpaired) electrons. The van der Waals surface area contributed by atoms with E-state index in [0.29, 0.717) is 21.5 Å². The molecule has 10 nitrogen and oxygen atoms in total. The molecule has 0 unspecified atom stereocenters. The van der Waals surface area contributed by atoms with Crippen LogP contribution in [0.25, 0.3) is 5.65 Å². The minimum atomic E-state index is -3.20. The molecule has 5 rings (SSSR count). The van der Waals surface area contributed by atoms with Gasteiger partial charge in [-0.05, 0) is 19.4 Å². The molecule has 1 aliphatic rings. The topological polar surface area (TPSA) is 123 Å². The van der Waals surface area contributed by atoms with Crippen LogP contribution in [0.1, 0.15) is 48.2 Å². The molecule has 15 heteroatoms. The van der Waals surface area contributed by atoms with Crippen molar-refractivity contribution in [3.63, 3.8) is 0 Å². The number of alkyl halides is 4. The maximum Gasteiger partial charge on any atom is 0.388 e. The third-order valence-corrected chi connectivity index (χ3v) is 6.19. The zero-order chi connectivity index (χ0) is 26.5. The minimum absolute atomic E-state index is 0.0306. The fraction of sp³-hybridized carbons (Fsp3) is 0.273. The maximum atomic E-state index is 14.0. The Kier molecular flexibility index (Phi) is 5.73. The van der Waals surface area contributed by atoms with Gasteiger partial charge in [0.25, 0.3) is 0 Å². The first-order chi connectivity index (χ1) is 17.6. The second-order valence-electron chi connectivity index (χ2n) is 8.43. The number of nitrogens with one attached hydrogen (secondary N) is 1. The van der Waals surface area contributed by atoms with Gasteiger partial charge in [-0.1, -0.05) is 0 Å². The van der Waals surface area contributed by atoms with Gasteiger partial charge in [0.05, 0.1) is 29.7 Å². The highest BCUT2D eigenvalue weighted by Crippen LogP contribution is 2.50. The standard InChI is InChI=1S/C22H15F5N8O2/c1-22(11-6-31-34(9-11)20(24)25)4-13(14-8-29-16-3-15(23)33-35(16)17(14)22)18(36)32-12-2-10(5-28)19(30-7-12)37-21(26)27/h2-3,6-9,13,20-21H,4H2,1H3,(H,32,36)/t13-,22-/m0/s1. The Labute approximate surface area is 204 Å². The fourth-order valence-electron chi connectivity index (χ4n) is 4.57. The number of carbonyl (C=O) groups is 1. The molecule has 4 heterocycles. The molecule has 2 atom stereocenters. The second-order valence-corrected chi connectivity index (χ2v) is 8.43. The molecule has 190 valence electrons.